The normalized spacial score (nSPS) is 52.5. The number of rotatable bonds is 4. The minimum Gasteiger partial charge on any atom is -0.391 e. The third kappa shape index (κ3) is 4.90. The number of hydrogen-bond donors (Lipinski definition) is 6. The summed E-state index contributed by atoms with van der Waals surface area (Å²) >= 11 is 14.6. The fourth-order valence-electron chi connectivity index (χ4n) is 14.5. The topological polar surface area (TPSA) is 190 Å². The smallest absolute Gasteiger partial charge is 0.190 e. The number of allylic oxidation sites excluding steroid dienone is 8. The van der Waals surface area contributed by atoms with Gasteiger partial charge in [0.1, 0.15) is 24.4 Å². The number of alkyl halides is 2. The van der Waals surface area contributed by atoms with E-state index in [1.807, 2.05) is 53.7 Å². The first-order chi connectivity index (χ1) is 25.9. The van der Waals surface area contributed by atoms with Crippen molar-refractivity contribution in [2.24, 2.45) is 57.2 Å². The van der Waals surface area contributed by atoms with Gasteiger partial charge >= 0.3 is 0 Å². The molecule has 0 saturated heterocycles. The highest BCUT2D eigenvalue weighted by Crippen LogP contribution is 2.73. The van der Waals surface area contributed by atoms with Gasteiger partial charge in [-0.25, -0.2) is 0 Å². The van der Waals surface area contributed by atoms with Crippen LogP contribution in [-0.4, -0.2) is 100 Å². The highest BCUT2D eigenvalue weighted by atomic mass is 35.5. The van der Waals surface area contributed by atoms with Gasteiger partial charge in [0.15, 0.2) is 23.1 Å². The molecule has 6 N–H and O–H groups in total. The van der Waals surface area contributed by atoms with Crippen molar-refractivity contribution in [3.05, 3.63) is 47.6 Å². The van der Waals surface area contributed by atoms with Crippen LogP contribution in [-0.2, 0) is 19.2 Å². The van der Waals surface area contributed by atoms with E-state index in [1.165, 1.54) is 12.2 Å². The zero-order valence-electron chi connectivity index (χ0n) is 33.2. The van der Waals surface area contributed by atoms with Crippen molar-refractivity contribution in [2.45, 2.75) is 126 Å². The second-order valence-electron chi connectivity index (χ2n) is 19.5. The molecule has 308 valence electrons. The zero-order valence-corrected chi connectivity index (χ0v) is 34.7. The monoisotopic (exact) mass is 816 g/mol. The van der Waals surface area contributed by atoms with E-state index >= 15 is 0 Å². The maximum atomic E-state index is 12.6. The van der Waals surface area contributed by atoms with Gasteiger partial charge < -0.3 is 30.6 Å². The maximum Gasteiger partial charge on any atom is 0.190 e. The molecule has 0 bridgehead atoms. The number of carbonyl (C=O) groups excluding carboxylic acids is 4. The Morgan fingerprint density at radius 3 is 1.32 bits per heavy atom. The molecule has 8 rings (SSSR count). The molecule has 6 saturated carbocycles. The van der Waals surface area contributed by atoms with Crippen LogP contribution in [0.15, 0.2) is 47.6 Å². The number of carbonyl (C=O) groups is 4. The molecule has 8 aliphatic rings. The van der Waals surface area contributed by atoms with E-state index in [-0.39, 0.29) is 59.9 Å². The van der Waals surface area contributed by atoms with Crippen LogP contribution < -0.4 is 0 Å². The Labute approximate surface area is 339 Å². The van der Waals surface area contributed by atoms with Crippen LogP contribution in [0, 0.1) is 57.2 Å². The lowest BCUT2D eigenvalue weighted by molar-refractivity contribution is -0.179. The lowest BCUT2D eigenvalue weighted by Gasteiger charge is -2.63. The average molecular weight is 818 g/mol. The third-order valence-corrected chi connectivity index (χ3v) is 19.4. The van der Waals surface area contributed by atoms with Crippen molar-refractivity contribution < 1.29 is 49.8 Å². The van der Waals surface area contributed by atoms with E-state index in [2.05, 4.69) is 0 Å². The summed E-state index contributed by atoms with van der Waals surface area (Å²) in [6, 6.07) is 0. The predicted molar refractivity (Wildman–Crippen MR) is 209 cm³/mol. The minimum atomic E-state index is -1.68. The second kappa shape index (κ2) is 13.2. The fourth-order valence-corrected chi connectivity index (χ4v) is 15.6. The molecule has 0 radical (unpaired) electrons. The van der Waals surface area contributed by atoms with Gasteiger partial charge in [0.05, 0.1) is 22.0 Å². The van der Waals surface area contributed by atoms with Gasteiger partial charge in [0.2, 0.25) is 0 Å². The number of fused-ring (bicyclic) bond motifs is 10. The molecule has 0 aliphatic heterocycles. The van der Waals surface area contributed by atoms with Crippen LogP contribution in [0.5, 0.6) is 0 Å². The Kier molecular flexibility index (Phi) is 9.96. The largest absolute Gasteiger partial charge is 0.391 e. The minimum absolute atomic E-state index is 0.0567. The summed E-state index contributed by atoms with van der Waals surface area (Å²) in [7, 11) is 0. The molecule has 16 atom stereocenters. The number of ketones is 4. The number of aliphatic hydroxyl groups excluding tert-OH is 4. The molecule has 12 heteroatoms. The van der Waals surface area contributed by atoms with Crippen LogP contribution in [0.4, 0.5) is 0 Å². The number of hydrogen-bond acceptors (Lipinski definition) is 10. The average Bonchev–Trinajstić information content (AvgIpc) is 3.48. The molecular weight excluding hydrogens is 759 g/mol. The standard InChI is InChI=1S/2C22H29ClO5/c2*1-12-8-16-15-5-4-13-9-14(25)6-7-19(13,2)21(15,23)17(26)10-20(16,3)22(12,28)18(27)11-24/h2*6-7,9,12,15-17,24,26,28H,4-5,8,10-11H2,1-3H3/t2*12-,15-,16-,17-,19-,20-,21-,22-/m00/s1. The first-order valence-electron chi connectivity index (χ1n) is 20.3. The molecule has 0 spiro atoms. The molecule has 0 aromatic carbocycles. The van der Waals surface area contributed by atoms with Crippen molar-refractivity contribution >= 4 is 46.3 Å². The summed E-state index contributed by atoms with van der Waals surface area (Å²) in [5, 5.41) is 64.7. The van der Waals surface area contributed by atoms with E-state index in [9.17, 15) is 49.8 Å². The van der Waals surface area contributed by atoms with Crippen LogP contribution in [0.2, 0.25) is 0 Å². The number of Topliss-reactive ketones (excluding diaryl/α,β-unsaturated/α-hetero) is 2. The lowest BCUT2D eigenvalue weighted by atomic mass is 9.45. The molecule has 56 heavy (non-hydrogen) atoms. The molecule has 10 nitrogen and oxygen atoms in total. The van der Waals surface area contributed by atoms with Crippen molar-refractivity contribution in [2.75, 3.05) is 13.2 Å². The third-order valence-electron chi connectivity index (χ3n) is 17.6. The highest BCUT2D eigenvalue weighted by molar-refractivity contribution is 6.26. The Morgan fingerprint density at radius 1 is 0.661 bits per heavy atom. The first-order valence-corrected chi connectivity index (χ1v) is 21.0. The number of halogens is 2. The quantitative estimate of drug-likeness (QED) is 0.223. The summed E-state index contributed by atoms with van der Waals surface area (Å²) in [5.41, 5.74) is -4.50. The van der Waals surface area contributed by atoms with Crippen LogP contribution in [0.25, 0.3) is 0 Å². The van der Waals surface area contributed by atoms with Crippen molar-refractivity contribution in [1.82, 2.24) is 0 Å². The van der Waals surface area contributed by atoms with Crippen LogP contribution in [0.1, 0.15) is 92.9 Å². The van der Waals surface area contributed by atoms with Gasteiger partial charge in [-0.3, -0.25) is 19.2 Å². The lowest BCUT2D eigenvalue weighted by Crippen LogP contribution is -2.69. The molecule has 0 aromatic rings. The number of aliphatic hydroxyl groups is 6. The van der Waals surface area contributed by atoms with Gasteiger partial charge in [0, 0.05) is 21.7 Å². The SMILES string of the molecule is C[C@H]1C[C@H]2[C@@H]3CCC4=CC(=O)C=C[C@]4(C)[C@@]3(Cl)[C@@H](O)C[C@]2(C)[C@@]1(O)C(=O)CO.C[C@H]1C[C@H]2[C@@H]3CCC4=CC(=O)C=C[C@]4(C)[C@@]3(Cl)[C@@H](O)C[C@]2(C)[C@@]1(O)C(=O)CO. The molecule has 0 amide bonds. The molecule has 0 aromatic heterocycles. The van der Waals surface area contributed by atoms with Crippen molar-refractivity contribution in [1.29, 1.82) is 0 Å². The Morgan fingerprint density at radius 2 is 1.00 bits per heavy atom. The molecule has 6 fully saturated rings. The van der Waals surface area contributed by atoms with Crippen LogP contribution >= 0.6 is 23.2 Å². The first kappa shape index (κ1) is 42.1. The van der Waals surface area contributed by atoms with Gasteiger partial charge in [0.25, 0.3) is 0 Å². The van der Waals surface area contributed by atoms with Gasteiger partial charge in [-0.05, 0) is 111 Å². The van der Waals surface area contributed by atoms with E-state index in [4.69, 9.17) is 23.2 Å². The summed E-state index contributed by atoms with van der Waals surface area (Å²) in [4.78, 5) is 47.0. The Hall–Kier alpha value is -2.02. The van der Waals surface area contributed by atoms with Gasteiger partial charge in [-0.15, -0.1) is 23.2 Å². The van der Waals surface area contributed by atoms with Gasteiger partial charge in [-0.1, -0.05) is 64.8 Å². The molecule has 0 heterocycles. The van der Waals surface area contributed by atoms with E-state index in [0.29, 0.717) is 38.5 Å². The van der Waals surface area contributed by atoms with E-state index in [1.54, 1.807) is 12.2 Å². The predicted octanol–water partition coefficient (Wildman–Crippen LogP) is 4.33. The summed E-state index contributed by atoms with van der Waals surface area (Å²) in [6.45, 7) is 9.94. The van der Waals surface area contributed by atoms with Crippen molar-refractivity contribution in [3.63, 3.8) is 0 Å². The van der Waals surface area contributed by atoms with E-state index in [0.717, 1.165) is 11.1 Å². The second-order valence-corrected chi connectivity index (χ2v) is 20.7. The highest BCUT2D eigenvalue weighted by Gasteiger charge is 2.76. The molecule has 8 aliphatic carbocycles. The molecule has 0 unspecified atom stereocenters. The summed E-state index contributed by atoms with van der Waals surface area (Å²) < 4.78 is 0. The Bertz CT molecular complexity index is 1740. The maximum absolute atomic E-state index is 12.6. The fraction of sp³-hybridized carbons (Fsp3) is 0.727. The Balaban J connectivity index is 0.000000172. The van der Waals surface area contributed by atoms with Crippen LogP contribution in [0.3, 0.4) is 0 Å². The zero-order chi connectivity index (χ0) is 41.4. The summed E-state index contributed by atoms with van der Waals surface area (Å²) in [5.74, 6) is -2.30. The summed E-state index contributed by atoms with van der Waals surface area (Å²) in [6.07, 6.45) is 12.4. The van der Waals surface area contributed by atoms with Crippen molar-refractivity contribution in [3.8, 4) is 0 Å². The van der Waals surface area contributed by atoms with E-state index < -0.39 is 79.6 Å². The molecular formula is C44H58Cl2O10. The van der Waals surface area contributed by atoms with Gasteiger partial charge in [-0.2, -0.15) is 0 Å².